The highest BCUT2D eigenvalue weighted by molar-refractivity contribution is 6.29. The minimum atomic E-state index is -0.771. The molecule has 108 valence electrons. The number of nitrogens with zero attached hydrogens (tertiary/aromatic N) is 2. The predicted molar refractivity (Wildman–Crippen MR) is 72.7 cm³/mol. The maximum absolute atomic E-state index is 13.2. The molecule has 1 N–H and O–H groups in total. The number of hydrogen-bond donors (Lipinski definition) is 1. The molecule has 2 aromatic rings. The van der Waals surface area contributed by atoms with Gasteiger partial charge < -0.3 is 10.1 Å². The van der Waals surface area contributed by atoms with Gasteiger partial charge in [0.2, 0.25) is 0 Å². The molecule has 1 aromatic heterocycles. The lowest BCUT2D eigenvalue weighted by Crippen LogP contribution is -2.17. The Hall–Kier alpha value is -2.54. The van der Waals surface area contributed by atoms with E-state index in [1.165, 1.54) is 18.5 Å². The van der Waals surface area contributed by atoms with Crippen molar-refractivity contribution in [2.45, 2.75) is 0 Å². The van der Waals surface area contributed by atoms with Crippen LogP contribution in [0.1, 0.15) is 20.8 Å². The van der Waals surface area contributed by atoms with Gasteiger partial charge in [0.05, 0.1) is 30.8 Å². The molecular formula is C13H9ClFN3O3. The third-order valence-electron chi connectivity index (χ3n) is 2.49. The number of nitrogens with one attached hydrogen (secondary N) is 1. The van der Waals surface area contributed by atoms with Gasteiger partial charge >= 0.3 is 5.97 Å². The SMILES string of the molecule is COC(=O)c1cc(F)ccc1NC(=O)c1cnc(Cl)cn1. The summed E-state index contributed by atoms with van der Waals surface area (Å²) in [6.45, 7) is 0. The smallest absolute Gasteiger partial charge is 0.340 e. The molecule has 0 bridgehead atoms. The zero-order valence-electron chi connectivity index (χ0n) is 10.8. The predicted octanol–water partition coefficient (Wildman–Crippen LogP) is 2.31. The van der Waals surface area contributed by atoms with Crippen molar-refractivity contribution in [1.29, 1.82) is 0 Å². The van der Waals surface area contributed by atoms with E-state index in [4.69, 9.17) is 11.6 Å². The van der Waals surface area contributed by atoms with Crippen LogP contribution in [0.15, 0.2) is 30.6 Å². The normalized spacial score (nSPS) is 10.0. The van der Waals surface area contributed by atoms with E-state index in [1.54, 1.807) is 0 Å². The number of aromatic nitrogens is 2. The van der Waals surface area contributed by atoms with Crippen molar-refractivity contribution in [3.05, 3.63) is 52.8 Å². The number of amides is 1. The summed E-state index contributed by atoms with van der Waals surface area (Å²) in [4.78, 5) is 31.0. The average molecular weight is 310 g/mol. The van der Waals surface area contributed by atoms with Gasteiger partial charge in [-0.1, -0.05) is 11.6 Å². The molecule has 0 aliphatic rings. The Bertz CT molecular complexity index is 692. The van der Waals surface area contributed by atoms with Crippen LogP contribution in [0, 0.1) is 5.82 Å². The Morgan fingerprint density at radius 1 is 1.29 bits per heavy atom. The minimum Gasteiger partial charge on any atom is -0.465 e. The van der Waals surface area contributed by atoms with Gasteiger partial charge in [-0.05, 0) is 18.2 Å². The van der Waals surface area contributed by atoms with Crippen molar-refractivity contribution in [1.82, 2.24) is 9.97 Å². The Labute approximate surface area is 123 Å². The fourth-order valence-electron chi connectivity index (χ4n) is 1.52. The Kier molecular flexibility index (Phi) is 4.44. The van der Waals surface area contributed by atoms with Crippen LogP contribution in [0.25, 0.3) is 0 Å². The summed E-state index contributed by atoms with van der Waals surface area (Å²) < 4.78 is 17.7. The quantitative estimate of drug-likeness (QED) is 0.880. The lowest BCUT2D eigenvalue weighted by molar-refractivity contribution is 0.0601. The van der Waals surface area contributed by atoms with Crippen molar-refractivity contribution in [2.24, 2.45) is 0 Å². The molecular weight excluding hydrogens is 301 g/mol. The van der Waals surface area contributed by atoms with Crippen molar-refractivity contribution in [2.75, 3.05) is 12.4 Å². The van der Waals surface area contributed by atoms with Gasteiger partial charge in [0.25, 0.3) is 5.91 Å². The van der Waals surface area contributed by atoms with E-state index in [-0.39, 0.29) is 22.1 Å². The van der Waals surface area contributed by atoms with Gasteiger partial charge in [-0.15, -0.1) is 0 Å². The van der Waals surface area contributed by atoms with Gasteiger partial charge in [-0.25, -0.2) is 19.2 Å². The molecule has 2 rings (SSSR count). The van der Waals surface area contributed by atoms with Gasteiger partial charge in [0.15, 0.2) is 0 Å². The van der Waals surface area contributed by atoms with Crippen LogP contribution < -0.4 is 5.32 Å². The highest BCUT2D eigenvalue weighted by atomic mass is 35.5. The van der Waals surface area contributed by atoms with E-state index in [0.29, 0.717) is 0 Å². The second kappa shape index (κ2) is 6.27. The van der Waals surface area contributed by atoms with E-state index < -0.39 is 17.7 Å². The fraction of sp³-hybridized carbons (Fsp3) is 0.0769. The molecule has 1 heterocycles. The van der Waals surface area contributed by atoms with E-state index >= 15 is 0 Å². The molecule has 0 aliphatic heterocycles. The number of halogens is 2. The zero-order chi connectivity index (χ0) is 15.4. The molecule has 0 fully saturated rings. The Balaban J connectivity index is 2.28. The van der Waals surface area contributed by atoms with Crippen LogP contribution in [0.4, 0.5) is 10.1 Å². The number of rotatable bonds is 3. The van der Waals surface area contributed by atoms with Gasteiger partial charge in [-0.2, -0.15) is 0 Å². The van der Waals surface area contributed by atoms with Crippen molar-refractivity contribution in [3.8, 4) is 0 Å². The maximum Gasteiger partial charge on any atom is 0.340 e. The van der Waals surface area contributed by atoms with Crippen molar-refractivity contribution >= 4 is 29.2 Å². The molecule has 1 amide bonds. The summed E-state index contributed by atoms with van der Waals surface area (Å²) in [6.07, 6.45) is 2.39. The molecule has 21 heavy (non-hydrogen) atoms. The van der Waals surface area contributed by atoms with Crippen LogP contribution in [-0.4, -0.2) is 29.0 Å². The van der Waals surface area contributed by atoms with Crippen LogP contribution in [0.5, 0.6) is 0 Å². The van der Waals surface area contributed by atoms with Gasteiger partial charge in [0, 0.05) is 0 Å². The summed E-state index contributed by atoms with van der Waals surface area (Å²) in [5, 5.41) is 2.58. The summed E-state index contributed by atoms with van der Waals surface area (Å²) >= 11 is 5.57. The van der Waals surface area contributed by atoms with Crippen LogP contribution in [0.2, 0.25) is 5.15 Å². The molecule has 0 aliphatic carbocycles. The Morgan fingerprint density at radius 3 is 2.67 bits per heavy atom. The standard InChI is InChI=1S/C13H9ClFN3O3/c1-21-13(20)8-4-7(15)2-3-9(8)18-12(19)10-5-17-11(14)6-16-10/h2-6H,1H3,(H,18,19). The Morgan fingerprint density at radius 2 is 2.05 bits per heavy atom. The number of ether oxygens (including phenoxy) is 1. The lowest BCUT2D eigenvalue weighted by Gasteiger charge is -2.09. The second-order valence-corrected chi connectivity index (χ2v) is 4.25. The first kappa shape index (κ1) is 14.9. The largest absolute Gasteiger partial charge is 0.465 e. The number of benzene rings is 1. The van der Waals surface area contributed by atoms with Crippen LogP contribution >= 0.6 is 11.6 Å². The minimum absolute atomic E-state index is 0.000425. The van der Waals surface area contributed by atoms with Crippen LogP contribution in [0.3, 0.4) is 0 Å². The highest BCUT2D eigenvalue weighted by Gasteiger charge is 2.16. The van der Waals surface area contributed by atoms with E-state index in [2.05, 4.69) is 20.0 Å². The summed E-state index contributed by atoms with van der Waals surface area (Å²) in [6, 6.07) is 3.33. The van der Waals surface area contributed by atoms with Crippen LogP contribution in [-0.2, 0) is 4.74 Å². The number of hydrogen-bond acceptors (Lipinski definition) is 5. The number of anilines is 1. The molecule has 0 spiro atoms. The summed E-state index contributed by atoms with van der Waals surface area (Å²) in [7, 11) is 1.16. The molecule has 6 nitrogen and oxygen atoms in total. The molecule has 0 unspecified atom stereocenters. The highest BCUT2D eigenvalue weighted by Crippen LogP contribution is 2.19. The number of carbonyl (C=O) groups excluding carboxylic acids is 2. The third-order valence-corrected chi connectivity index (χ3v) is 2.68. The first-order chi connectivity index (χ1) is 10.0. The molecule has 8 heteroatoms. The van der Waals surface area contributed by atoms with Crippen molar-refractivity contribution in [3.63, 3.8) is 0 Å². The van der Waals surface area contributed by atoms with Gasteiger partial charge in [0.1, 0.15) is 16.7 Å². The monoisotopic (exact) mass is 309 g/mol. The van der Waals surface area contributed by atoms with Gasteiger partial charge in [-0.3, -0.25) is 4.79 Å². The van der Waals surface area contributed by atoms with E-state index in [0.717, 1.165) is 19.2 Å². The number of carbonyl (C=O) groups is 2. The van der Waals surface area contributed by atoms with Crippen molar-refractivity contribution < 1.29 is 18.7 Å². The van der Waals surface area contributed by atoms with E-state index in [1.807, 2.05) is 0 Å². The fourth-order valence-corrected chi connectivity index (χ4v) is 1.62. The first-order valence-corrected chi connectivity index (χ1v) is 6.06. The first-order valence-electron chi connectivity index (χ1n) is 5.68. The summed E-state index contributed by atoms with van der Waals surface area (Å²) in [5.41, 5.74) is -0.00249. The second-order valence-electron chi connectivity index (χ2n) is 3.86. The molecule has 1 aromatic carbocycles. The summed E-state index contributed by atoms with van der Waals surface area (Å²) in [5.74, 6) is -2.01. The number of methoxy groups -OCH3 is 1. The molecule has 0 saturated carbocycles. The third kappa shape index (κ3) is 3.51. The lowest BCUT2D eigenvalue weighted by atomic mass is 10.1. The number of esters is 1. The molecule has 0 saturated heterocycles. The maximum atomic E-state index is 13.2. The average Bonchev–Trinajstić information content (AvgIpc) is 2.48. The molecule has 0 radical (unpaired) electrons. The zero-order valence-corrected chi connectivity index (χ0v) is 11.5. The van der Waals surface area contributed by atoms with E-state index in [9.17, 15) is 14.0 Å². The molecule has 0 atom stereocenters. The topological polar surface area (TPSA) is 81.2 Å².